The standard InChI is InChI=1S/C45H91NO4/c1-6-11-23-31-44(32-24-12-7-2)35-41-50-45(47)33-25-19-18-21-27-38-46(36-15-10-5)37-26-20-16-17-22-28-39-48-42-49-40-34-43(29-13-8-3)30-14-9-4/h43-44H,6-42H2,1-5H3. The van der Waals surface area contributed by atoms with Crippen molar-refractivity contribution in [1.29, 1.82) is 0 Å². The maximum atomic E-state index is 12.3. The van der Waals surface area contributed by atoms with Crippen molar-refractivity contribution in [2.24, 2.45) is 11.8 Å². The first-order valence-electron chi connectivity index (χ1n) is 22.6. The van der Waals surface area contributed by atoms with E-state index in [2.05, 4.69) is 39.5 Å². The van der Waals surface area contributed by atoms with E-state index in [0.29, 0.717) is 19.8 Å². The van der Waals surface area contributed by atoms with Gasteiger partial charge < -0.3 is 19.1 Å². The first-order valence-corrected chi connectivity index (χ1v) is 22.6. The molecular weight excluding hydrogens is 618 g/mol. The fraction of sp³-hybridized carbons (Fsp3) is 0.978. The second kappa shape index (κ2) is 41.1. The monoisotopic (exact) mass is 710 g/mol. The van der Waals surface area contributed by atoms with Crippen LogP contribution in [0.4, 0.5) is 0 Å². The Balaban J connectivity index is 3.81. The molecule has 0 fully saturated rings. The van der Waals surface area contributed by atoms with Crippen LogP contribution < -0.4 is 0 Å². The fourth-order valence-electron chi connectivity index (χ4n) is 7.15. The Labute approximate surface area is 314 Å². The number of carbonyl (C=O) groups is 1. The maximum Gasteiger partial charge on any atom is 0.305 e. The van der Waals surface area contributed by atoms with Gasteiger partial charge in [0.1, 0.15) is 6.79 Å². The molecule has 300 valence electrons. The summed E-state index contributed by atoms with van der Waals surface area (Å²) in [7, 11) is 0. The van der Waals surface area contributed by atoms with Gasteiger partial charge in [-0.2, -0.15) is 0 Å². The average molecular weight is 710 g/mol. The Morgan fingerprint density at radius 1 is 0.420 bits per heavy atom. The maximum absolute atomic E-state index is 12.3. The molecule has 0 aliphatic carbocycles. The zero-order valence-corrected chi connectivity index (χ0v) is 34.9. The van der Waals surface area contributed by atoms with Crippen LogP contribution in [0, 0.1) is 11.8 Å². The van der Waals surface area contributed by atoms with E-state index in [-0.39, 0.29) is 5.97 Å². The average Bonchev–Trinajstić information content (AvgIpc) is 3.12. The van der Waals surface area contributed by atoms with Crippen LogP contribution in [-0.4, -0.2) is 57.1 Å². The van der Waals surface area contributed by atoms with Crippen molar-refractivity contribution in [1.82, 2.24) is 4.90 Å². The van der Waals surface area contributed by atoms with E-state index in [1.165, 1.54) is 180 Å². The van der Waals surface area contributed by atoms with Crippen LogP contribution in [0.15, 0.2) is 0 Å². The van der Waals surface area contributed by atoms with Crippen molar-refractivity contribution in [3.05, 3.63) is 0 Å². The van der Waals surface area contributed by atoms with Crippen molar-refractivity contribution in [3.8, 4) is 0 Å². The summed E-state index contributed by atoms with van der Waals surface area (Å²) < 4.78 is 17.2. The SMILES string of the molecule is CCCCCC(CCCCC)CCOC(=O)CCCCCCCN(CCCC)CCCCCCCCOCOCCC(CCCC)CCCC. The molecule has 0 saturated carbocycles. The van der Waals surface area contributed by atoms with Crippen molar-refractivity contribution in [3.63, 3.8) is 0 Å². The number of hydrogen-bond acceptors (Lipinski definition) is 5. The summed E-state index contributed by atoms with van der Waals surface area (Å²) in [6.45, 7) is 17.9. The molecule has 5 nitrogen and oxygen atoms in total. The second-order valence-electron chi connectivity index (χ2n) is 15.6. The van der Waals surface area contributed by atoms with E-state index in [1.54, 1.807) is 0 Å². The quantitative estimate of drug-likeness (QED) is 0.0359. The number of carbonyl (C=O) groups excluding carboxylic acids is 1. The molecule has 0 aromatic heterocycles. The van der Waals surface area contributed by atoms with Crippen molar-refractivity contribution >= 4 is 5.97 Å². The third-order valence-corrected chi connectivity index (χ3v) is 10.7. The molecule has 0 bridgehead atoms. The highest BCUT2D eigenvalue weighted by Gasteiger charge is 2.11. The molecule has 0 saturated heterocycles. The van der Waals surface area contributed by atoms with Crippen LogP contribution >= 0.6 is 0 Å². The van der Waals surface area contributed by atoms with Crippen LogP contribution in [0.1, 0.15) is 227 Å². The molecule has 50 heavy (non-hydrogen) atoms. The van der Waals surface area contributed by atoms with E-state index in [1.807, 2.05) is 0 Å². The number of ether oxygens (including phenoxy) is 3. The lowest BCUT2D eigenvalue weighted by atomic mass is 9.92. The molecule has 0 rings (SSSR count). The summed E-state index contributed by atoms with van der Waals surface area (Å²) in [6.07, 6.45) is 37.6. The van der Waals surface area contributed by atoms with Gasteiger partial charge in [0.25, 0.3) is 0 Å². The largest absolute Gasteiger partial charge is 0.466 e. The number of nitrogens with zero attached hydrogens (tertiary/aromatic N) is 1. The Morgan fingerprint density at radius 3 is 1.42 bits per heavy atom. The van der Waals surface area contributed by atoms with E-state index in [4.69, 9.17) is 14.2 Å². The van der Waals surface area contributed by atoms with E-state index < -0.39 is 0 Å². The molecule has 0 amide bonds. The van der Waals surface area contributed by atoms with Gasteiger partial charge in [0, 0.05) is 19.6 Å². The molecule has 0 spiro atoms. The van der Waals surface area contributed by atoms with Gasteiger partial charge in [0.2, 0.25) is 0 Å². The molecule has 0 heterocycles. The number of hydrogen-bond donors (Lipinski definition) is 0. The number of rotatable bonds is 42. The van der Waals surface area contributed by atoms with Gasteiger partial charge in [-0.05, 0) is 76.4 Å². The van der Waals surface area contributed by atoms with E-state index in [0.717, 1.165) is 50.7 Å². The summed E-state index contributed by atoms with van der Waals surface area (Å²) >= 11 is 0. The fourth-order valence-corrected chi connectivity index (χ4v) is 7.15. The minimum atomic E-state index is 0.0223. The molecule has 0 unspecified atom stereocenters. The molecule has 0 aromatic rings. The lowest BCUT2D eigenvalue weighted by Gasteiger charge is -2.22. The van der Waals surface area contributed by atoms with Gasteiger partial charge >= 0.3 is 5.97 Å². The van der Waals surface area contributed by atoms with Crippen LogP contribution in [-0.2, 0) is 19.0 Å². The minimum Gasteiger partial charge on any atom is -0.466 e. The Kier molecular flexibility index (Phi) is 40.6. The Hall–Kier alpha value is -0.650. The van der Waals surface area contributed by atoms with Gasteiger partial charge in [-0.3, -0.25) is 4.79 Å². The third-order valence-electron chi connectivity index (χ3n) is 10.7. The van der Waals surface area contributed by atoms with Crippen LogP contribution in [0.2, 0.25) is 0 Å². The third kappa shape index (κ3) is 35.7. The summed E-state index contributed by atoms with van der Waals surface area (Å²) in [6, 6.07) is 0. The van der Waals surface area contributed by atoms with Gasteiger partial charge in [-0.25, -0.2) is 0 Å². The molecule has 0 aliphatic heterocycles. The van der Waals surface area contributed by atoms with Crippen LogP contribution in [0.25, 0.3) is 0 Å². The summed E-state index contributed by atoms with van der Waals surface area (Å²) in [4.78, 5) is 15.0. The van der Waals surface area contributed by atoms with Crippen molar-refractivity contribution < 1.29 is 19.0 Å². The molecule has 0 atom stereocenters. The smallest absolute Gasteiger partial charge is 0.305 e. The minimum absolute atomic E-state index is 0.0223. The second-order valence-corrected chi connectivity index (χ2v) is 15.6. The van der Waals surface area contributed by atoms with Crippen molar-refractivity contribution in [2.75, 3.05) is 46.2 Å². The summed E-state index contributed by atoms with van der Waals surface area (Å²) in [5, 5.41) is 0. The molecule has 0 aromatic carbocycles. The van der Waals surface area contributed by atoms with Gasteiger partial charge in [0.05, 0.1) is 6.61 Å². The van der Waals surface area contributed by atoms with E-state index >= 15 is 0 Å². The first kappa shape index (κ1) is 49.4. The molecule has 0 radical (unpaired) electrons. The summed E-state index contributed by atoms with van der Waals surface area (Å²) in [5.41, 5.74) is 0. The Bertz CT molecular complexity index is 641. The highest BCUT2D eigenvalue weighted by Crippen LogP contribution is 2.22. The molecule has 5 heteroatoms. The predicted octanol–water partition coefficient (Wildman–Crippen LogP) is 13.9. The normalized spacial score (nSPS) is 11.8. The molecule has 0 N–H and O–H groups in total. The predicted molar refractivity (Wildman–Crippen MR) is 218 cm³/mol. The zero-order valence-electron chi connectivity index (χ0n) is 34.9. The summed E-state index contributed by atoms with van der Waals surface area (Å²) in [5.74, 6) is 1.59. The Morgan fingerprint density at radius 2 is 0.860 bits per heavy atom. The van der Waals surface area contributed by atoms with E-state index in [9.17, 15) is 4.79 Å². The first-order chi connectivity index (χ1) is 24.6. The highest BCUT2D eigenvalue weighted by atomic mass is 16.7. The van der Waals surface area contributed by atoms with Crippen LogP contribution in [0.3, 0.4) is 0 Å². The van der Waals surface area contributed by atoms with Crippen LogP contribution in [0.5, 0.6) is 0 Å². The molecular formula is C45H91NO4. The van der Waals surface area contributed by atoms with Gasteiger partial charge in [-0.1, -0.05) is 176 Å². The zero-order chi connectivity index (χ0) is 36.6. The topological polar surface area (TPSA) is 48.0 Å². The van der Waals surface area contributed by atoms with Crippen molar-refractivity contribution in [2.45, 2.75) is 227 Å². The van der Waals surface area contributed by atoms with Gasteiger partial charge in [0.15, 0.2) is 0 Å². The number of unbranched alkanes of at least 4 members (excludes halogenated alkanes) is 16. The highest BCUT2D eigenvalue weighted by molar-refractivity contribution is 5.69. The lowest BCUT2D eigenvalue weighted by molar-refractivity contribution is -0.144. The van der Waals surface area contributed by atoms with Gasteiger partial charge in [-0.15, -0.1) is 0 Å². The number of esters is 1. The molecule has 0 aliphatic rings. The lowest BCUT2D eigenvalue weighted by Crippen LogP contribution is -2.27.